The number of ether oxygens (including phenoxy) is 1. The predicted molar refractivity (Wildman–Crippen MR) is 108 cm³/mol. The average Bonchev–Trinajstić information content (AvgIpc) is 3.21. The summed E-state index contributed by atoms with van der Waals surface area (Å²) in [6.45, 7) is 7.90. The van der Waals surface area contributed by atoms with Crippen molar-refractivity contribution in [3.8, 4) is 0 Å². The molecule has 0 spiro atoms. The van der Waals surface area contributed by atoms with E-state index in [2.05, 4.69) is 41.2 Å². The van der Waals surface area contributed by atoms with Gasteiger partial charge in [-0.1, -0.05) is 32.9 Å². The van der Waals surface area contributed by atoms with Crippen molar-refractivity contribution in [3.05, 3.63) is 47.7 Å². The molecule has 2 heterocycles. The van der Waals surface area contributed by atoms with Gasteiger partial charge in [-0.15, -0.1) is 10.2 Å². The van der Waals surface area contributed by atoms with Crippen molar-refractivity contribution in [2.24, 2.45) is 0 Å². The maximum absolute atomic E-state index is 12.1. The van der Waals surface area contributed by atoms with Crippen LogP contribution in [0.25, 0.3) is 0 Å². The van der Waals surface area contributed by atoms with Crippen molar-refractivity contribution < 1.29 is 14.3 Å². The number of amides is 1. The van der Waals surface area contributed by atoms with Crippen LogP contribution >= 0.6 is 0 Å². The molecule has 1 amide bonds. The molecule has 1 fully saturated rings. The Morgan fingerprint density at radius 2 is 1.71 bits per heavy atom. The molecule has 2 aromatic rings. The lowest BCUT2D eigenvalue weighted by molar-refractivity contribution is -0.119. The number of nitrogens with zero attached hydrogens (tertiary/aromatic N) is 3. The Morgan fingerprint density at radius 3 is 2.29 bits per heavy atom. The van der Waals surface area contributed by atoms with Gasteiger partial charge in [0.25, 0.3) is 5.91 Å². The Hall–Kier alpha value is -2.96. The monoisotopic (exact) mass is 382 g/mol. The minimum absolute atomic E-state index is 0.0451. The maximum atomic E-state index is 12.1. The molecule has 0 atom stereocenters. The van der Waals surface area contributed by atoms with E-state index in [4.69, 9.17) is 4.74 Å². The Bertz CT molecular complexity index is 820. The first kappa shape index (κ1) is 19.8. The highest BCUT2D eigenvalue weighted by Gasteiger charge is 2.17. The van der Waals surface area contributed by atoms with Crippen LogP contribution in [-0.2, 0) is 14.9 Å². The number of benzene rings is 1. The standard InChI is InChI=1S/C21H26N4O3/c1-21(2,3)15-6-8-16(9-7-15)22-19(26)14-28-20(27)17-10-11-18(24-23-17)25-12-4-5-13-25/h6-11H,4-5,12-14H2,1-3H3,(H,22,26). The Morgan fingerprint density at radius 1 is 1.04 bits per heavy atom. The number of rotatable bonds is 5. The number of hydrogen-bond donors (Lipinski definition) is 1. The fourth-order valence-electron chi connectivity index (χ4n) is 3.00. The highest BCUT2D eigenvalue weighted by Crippen LogP contribution is 2.23. The summed E-state index contributed by atoms with van der Waals surface area (Å²) in [4.78, 5) is 26.2. The van der Waals surface area contributed by atoms with E-state index in [0.29, 0.717) is 5.69 Å². The van der Waals surface area contributed by atoms with Crippen LogP contribution in [0.1, 0.15) is 49.7 Å². The summed E-state index contributed by atoms with van der Waals surface area (Å²) < 4.78 is 5.04. The van der Waals surface area contributed by atoms with Crippen LogP contribution in [0.2, 0.25) is 0 Å². The molecule has 1 aliphatic rings. The molecule has 0 aliphatic carbocycles. The third-order valence-corrected chi connectivity index (χ3v) is 4.66. The van der Waals surface area contributed by atoms with Crippen molar-refractivity contribution >= 4 is 23.4 Å². The minimum atomic E-state index is -0.668. The molecule has 28 heavy (non-hydrogen) atoms. The van der Waals surface area contributed by atoms with Gasteiger partial charge >= 0.3 is 5.97 Å². The second-order valence-corrected chi connectivity index (χ2v) is 7.92. The molecular formula is C21H26N4O3. The zero-order valence-corrected chi connectivity index (χ0v) is 16.6. The molecule has 0 unspecified atom stereocenters. The van der Waals surface area contributed by atoms with Crippen molar-refractivity contribution in [2.75, 3.05) is 29.9 Å². The van der Waals surface area contributed by atoms with E-state index >= 15 is 0 Å². The van der Waals surface area contributed by atoms with E-state index in [1.165, 1.54) is 5.56 Å². The summed E-state index contributed by atoms with van der Waals surface area (Å²) >= 11 is 0. The quantitative estimate of drug-likeness (QED) is 0.800. The van der Waals surface area contributed by atoms with Crippen LogP contribution in [0.3, 0.4) is 0 Å². The Balaban J connectivity index is 1.49. The average molecular weight is 382 g/mol. The first-order chi connectivity index (χ1) is 13.3. The van der Waals surface area contributed by atoms with Crippen molar-refractivity contribution in [1.29, 1.82) is 0 Å². The lowest BCUT2D eigenvalue weighted by Gasteiger charge is -2.19. The lowest BCUT2D eigenvalue weighted by Crippen LogP contribution is -2.22. The molecule has 1 aromatic carbocycles. The smallest absolute Gasteiger partial charge is 0.359 e. The van der Waals surface area contributed by atoms with Gasteiger partial charge in [0.15, 0.2) is 18.1 Å². The van der Waals surface area contributed by atoms with Crippen LogP contribution in [0, 0.1) is 0 Å². The Kier molecular flexibility index (Phi) is 5.92. The number of carbonyl (C=O) groups excluding carboxylic acids is 2. The molecule has 0 radical (unpaired) electrons. The number of anilines is 2. The maximum Gasteiger partial charge on any atom is 0.359 e. The molecule has 1 aliphatic heterocycles. The number of nitrogens with one attached hydrogen (secondary N) is 1. The molecule has 148 valence electrons. The number of esters is 1. The SMILES string of the molecule is CC(C)(C)c1ccc(NC(=O)COC(=O)c2ccc(N3CCCC3)nn2)cc1. The zero-order chi connectivity index (χ0) is 20.1. The topological polar surface area (TPSA) is 84.4 Å². The summed E-state index contributed by atoms with van der Waals surface area (Å²) in [5.41, 5.74) is 1.96. The van der Waals surface area contributed by atoms with E-state index < -0.39 is 11.9 Å². The lowest BCUT2D eigenvalue weighted by atomic mass is 9.87. The van der Waals surface area contributed by atoms with E-state index in [9.17, 15) is 9.59 Å². The van der Waals surface area contributed by atoms with Gasteiger partial charge in [-0.3, -0.25) is 4.79 Å². The highest BCUT2D eigenvalue weighted by molar-refractivity contribution is 5.94. The summed E-state index contributed by atoms with van der Waals surface area (Å²) in [6.07, 6.45) is 2.28. The predicted octanol–water partition coefficient (Wildman–Crippen LogP) is 3.17. The first-order valence-electron chi connectivity index (χ1n) is 9.49. The molecule has 0 bridgehead atoms. The number of aromatic nitrogens is 2. The Labute approximate surface area is 165 Å². The molecule has 7 heteroatoms. The normalized spacial score (nSPS) is 14.0. The summed E-state index contributed by atoms with van der Waals surface area (Å²) in [5, 5.41) is 10.7. The van der Waals surface area contributed by atoms with Gasteiger partial charge < -0.3 is 15.0 Å². The van der Waals surface area contributed by atoms with E-state index in [0.717, 1.165) is 31.7 Å². The van der Waals surface area contributed by atoms with Crippen LogP contribution < -0.4 is 10.2 Å². The third kappa shape index (κ3) is 5.06. The molecular weight excluding hydrogens is 356 g/mol. The van der Waals surface area contributed by atoms with E-state index in [1.54, 1.807) is 12.1 Å². The second kappa shape index (κ2) is 8.37. The van der Waals surface area contributed by atoms with Gasteiger partial charge in [-0.2, -0.15) is 0 Å². The van der Waals surface area contributed by atoms with Gasteiger partial charge in [0.2, 0.25) is 0 Å². The minimum Gasteiger partial charge on any atom is -0.451 e. The fourth-order valence-corrected chi connectivity index (χ4v) is 3.00. The van der Waals surface area contributed by atoms with Crippen molar-refractivity contribution in [1.82, 2.24) is 10.2 Å². The summed E-state index contributed by atoms with van der Waals surface area (Å²) in [7, 11) is 0. The molecule has 1 N–H and O–H groups in total. The second-order valence-electron chi connectivity index (χ2n) is 7.92. The summed E-state index contributed by atoms with van der Waals surface area (Å²) in [5.74, 6) is -0.317. The number of hydrogen-bond acceptors (Lipinski definition) is 6. The van der Waals surface area contributed by atoms with Crippen molar-refractivity contribution in [2.45, 2.75) is 39.0 Å². The van der Waals surface area contributed by atoms with Gasteiger partial charge in [0.1, 0.15) is 0 Å². The number of carbonyl (C=O) groups is 2. The molecule has 3 rings (SSSR count). The third-order valence-electron chi connectivity index (χ3n) is 4.66. The first-order valence-corrected chi connectivity index (χ1v) is 9.49. The van der Waals surface area contributed by atoms with E-state index in [1.807, 2.05) is 24.3 Å². The van der Waals surface area contributed by atoms with Crippen LogP contribution in [0.5, 0.6) is 0 Å². The largest absolute Gasteiger partial charge is 0.451 e. The van der Waals surface area contributed by atoms with Crippen molar-refractivity contribution in [3.63, 3.8) is 0 Å². The zero-order valence-electron chi connectivity index (χ0n) is 16.6. The van der Waals surface area contributed by atoms with Gasteiger partial charge in [0.05, 0.1) is 0 Å². The van der Waals surface area contributed by atoms with Crippen LogP contribution in [-0.4, -0.2) is 41.8 Å². The molecule has 0 saturated carbocycles. The highest BCUT2D eigenvalue weighted by atomic mass is 16.5. The van der Waals surface area contributed by atoms with Gasteiger partial charge in [0, 0.05) is 18.8 Å². The van der Waals surface area contributed by atoms with Gasteiger partial charge in [-0.05, 0) is 48.1 Å². The summed E-state index contributed by atoms with van der Waals surface area (Å²) in [6, 6.07) is 10.9. The fraction of sp³-hybridized carbons (Fsp3) is 0.429. The molecule has 1 saturated heterocycles. The molecule has 7 nitrogen and oxygen atoms in total. The van der Waals surface area contributed by atoms with Crippen LogP contribution in [0.4, 0.5) is 11.5 Å². The van der Waals surface area contributed by atoms with Gasteiger partial charge in [-0.25, -0.2) is 4.79 Å². The molecule has 1 aromatic heterocycles. The van der Waals surface area contributed by atoms with Crippen LogP contribution in [0.15, 0.2) is 36.4 Å². The van der Waals surface area contributed by atoms with E-state index in [-0.39, 0.29) is 17.7 Å².